The molecule has 0 fully saturated rings. The van der Waals surface area contributed by atoms with E-state index in [1.807, 2.05) is 17.7 Å². The summed E-state index contributed by atoms with van der Waals surface area (Å²) in [4.78, 5) is 18.6. The summed E-state index contributed by atoms with van der Waals surface area (Å²) in [5.74, 6) is 0.799. The lowest BCUT2D eigenvalue weighted by atomic mass is 10.2. The summed E-state index contributed by atoms with van der Waals surface area (Å²) >= 11 is 0. The first-order valence-corrected chi connectivity index (χ1v) is 4.21. The second-order valence-corrected chi connectivity index (χ2v) is 3.00. The number of imidazole rings is 1. The van der Waals surface area contributed by atoms with E-state index >= 15 is 0 Å². The van der Waals surface area contributed by atoms with Crippen molar-refractivity contribution >= 4 is 6.29 Å². The number of nitrogens with zero attached hydrogens (tertiary/aromatic N) is 3. The van der Waals surface area contributed by atoms with Crippen LogP contribution >= 0.6 is 0 Å². The quantitative estimate of drug-likeness (QED) is 0.667. The third kappa shape index (κ3) is 1.42. The van der Waals surface area contributed by atoms with Gasteiger partial charge in [-0.2, -0.15) is 0 Å². The fourth-order valence-electron chi connectivity index (χ4n) is 1.31. The van der Waals surface area contributed by atoms with Gasteiger partial charge in [0.25, 0.3) is 0 Å². The predicted molar refractivity (Wildman–Crippen MR) is 51.5 cm³/mol. The van der Waals surface area contributed by atoms with Crippen LogP contribution in [-0.4, -0.2) is 20.8 Å². The van der Waals surface area contributed by atoms with E-state index in [2.05, 4.69) is 9.97 Å². The lowest BCUT2D eigenvalue weighted by Gasteiger charge is -2.04. The molecule has 0 unspecified atom stereocenters. The molecule has 4 heteroatoms. The largest absolute Gasteiger partial charge is 0.298 e. The number of carbonyl (C=O) groups excluding carboxylic acids is 1. The number of pyridine rings is 1. The van der Waals surface area contributed by atoms with E-state index in [4.69, 9.17) is 0 Å². The van der Waals surface area contributed by atoms with Gasteiger partial charge in [0.1, 0.15) is 12.1 Å². The molecule has 0 saturated carbocycles. The summed E-state index contributed by atoms with van der Waals surface area (Å²) in [7, 11) is 0. The molecule has 2 heterocycles. The number of aryl methyl sites for hydroxylation is 1. The number of aromatic nitrogens is 3. The topological polar surface area (TPSA) is 47.8 Å². The molecular formula is C10H9N3O. The van der Waals surface area contributed by atoms with E-state index in [1.54, 1.807) is 24.8 Å². The van der Waals surface area contributed by atoms with Crippen LogP contribution in [0.5, 0.6) is 0 Å². The number of rotatable bonds is 2. The van der Waals surface area contributed by atoms with E-state index in [1.165, 1.54) is 0 Å². The van der Waals surface area contributed by atoms with Crippen molar-refractivity contribution in [1.29, 1.82) is 0 Å². The molecule has 0 aliphatic rings. The van der Waals surface area contributed by atoms with Crippen LogP contribution in [0, 0.1) is 6.92 Å². The molecule has 0 saturated heterocycles. The van der Waals surface area contributed by atoms with Gasteiger partial charge in [-0.15, -0.1) is 0 Å². The van der Waals surface area contributed by atoms with Crippen LogP contribution in [0.1, 0.15) is 15.9 Å². The van der Waals surface area contributed by atoms with Crippen LogP contribution in [-0.2, 0) is 0 Å². The van der Waals surface area contributed by atoms with Crippen molar-refractivity contribution in [2.45, 2.75) is 6.92 Å². The van der Waals surface area contributed by atoms with Crippen molar-refractivity contribution in [2.75, 3.05) is 0 Å². The maximum Gasteiger partial charge on any atom is 0.151 e. The molecule has 4 nitrogen and oxygen atoms in total. The van der Waals surface area contributed by atoms with Crippen LogP contribution in [0.25, 0.3) is 5.82 Å². The molecule has 70 valence electrons. The number of carbonyl (C=O) groups is 1. The number of hydrogen-bond acceptors (Lipinski definition) is 3. The standard InChI is InChI=1S/C10H9N3O/c1-8-4-9(6-14)5-12-10(8)13-3-2-11-7-13/h2-7H,1H3. The van der Waals surface area contributed by atoms with Crippen molar-refractivity contribution in [2.24, 2.45) is 0 Å². The van der Waals surface area contributed by atoms with Crippen molar-refractivity contribution < 1.29 is 4.79 Å². The van der Waals surface area contributed by atoms with Crippen molar-refractivity contribution in [3.63, 3.8) is 0 Å². The van der Waals surface area contributed by atoms with E-state index in [0.29, 0.717) is 5.56 Å². The summed E-state index contributed by atoms with van der Waals surface area (Å²) in [5, 5.41) is 0. The van der Waals surface area contributed by atoms with Gasteiger partial charge in [-0.1, -0.05) is 0 Å². The monoisotopic (exact) mass is 187 g/mol. The summed E-state index contributed by atoms with van der Waals surface area (Å²) < 4.78 is 1.81. The Morgan fingerprint density at radius 3 is 2.93 bits per heavy atom. The maximum absolute atomic E-state index is 10.5. The molecule has 14 heavy (non-hydrogen) atoms. The maximum atomic E-state index is 10.5. The fraction of sp³-hybridized carbons (Fsp3) is 0.100. The Labute approximate surface area is 81.2 Å². The normalized spacial score (nSPS) is 10.1. The molecule has 2 aromatic rings. The summed E-state index contributed by atoms with van der Waals surface area (Å²) in [5.41, 5.74) is 1.54. The van der Waals surface area contributed by atoms with E-state index in [-0.39, 0.29) is 0 Å². The zero-order valence-electron chi connectivity index (χ0n) is 7.71. The zero-order chi connectivity index (χ0) is 9.97. The van der Waals surface area contributed by atoms with Gasteiger partial charge in [0.2, 0.25) is 0 Å². The molecule has 0 atom stereocenters. The van der Waals surface area contributed by atoms with Crippen molar-refractivity contribution in [3.8, 4) is 5.82 Å². The minimum Gasteiger partial charge on any atom is -0.298 e. The van der Waals surface area contributed by atoms with Gasteiger partial charge in [-0.25, -0.2) is 9.97 Å². The average Bonchev–Trinajstić information content (AvgIpc) is 2.70. The first-order valence-electron chi connectivity index (χ1n) is 4.21. The van der Waals surface area contributed by atoms with Gasteiger partial charge in [-0.3, -0.25) is 9.36 Å². The lowest BCUT2D eigenvalue weighted by Crippen LogP contribution is -1.98. The first kappa shape index (κ1) is 8.62. The number of hydrogen-bond donors (Lipinski definition) is 0. The molecule has 0 spiro atoms. The molecule has 0 N–H and O–H groups in total. The lowest BCUT2D eigenvalue weighted by molar-refractivity contribution is 0.112. The summed E-state index contributed by atoms with van der Waals surface area (Å²) in [6.07, 6.45) is 7.52. The smallest absolute Gasteiger partial charge is 0.151 e. The predicted octanol–water partition coefficient (Wildman–Crippen LogP) is 1.39. The van der Waals surface area contributed by atoms with Crippen LogP contribution in [0.2, 0.25) is 0 Å². The van der Waals surface area contributed by atoms with Crippen LogP contribution in [0.15, 0.2) is 31.0 Å². The van der Waals surface area contributed by atoms with Crippen LogP contribution in [0.4, 0.5) is 0 Å². The summed E-state index contributed by atoms with van der Waals surface area (Å²) in [6.45, 7) is 1.91. The van der Waals surface area contributed by atoms with Crippen LogP contribution in [0.3, 0.4) is 0 Å². The third-order valence-electron chi connectivity index (χ3n) is 1.96. The molecule has 0 aromatic carbocycles. The van der Waals surface area contributed by atoms with Crippen molar-refractivity contribution in [3.05, 3.63) is 42.1 Å². The van der Waals surface area contributed by atoms with Gasteiger partial charge in [0, 0.05) is 24.2 Å². The Balaban J connectivity index is 2.51. The average molecular weight is 187 g/mol. The number of aldehydes is 1. The molecule has 0 bridgehead atoms. The molecule has 0 amide bonds. The Bertz CT molecular complexity index is 448. The second kappa shape index (κ2) is 3.41. The Morgan fingerprint density at radius 1 is 1.50 bits per heavy atom. The third-order valence-corrected chi connectivity index (χ3v) is 1.96. The summed E-state index contributed by atoms with van der Waals surface area (Å²) in [6, 6.07) is 1.80. The van der Waals surface area contributed by atoms with Gasteiger partial charge in [0.15, 0.2) is 6.29 Å². The fourth-order valence-corrected chi connectivity index (χ4v) is 1.31. The highest BCUT2D eigenvalue weighted by Crippen LogP contribution is 2.10. The molecule has 0 aliphatic carbocycles. The Kier molecular flexibility index (Phi) is 2.10. The highest BCUT2D eigenvalue weighted by atomic mass is 16.1. The Morgan fingerprint density at radius 2 is 2.36 bits per heavy atom. The van der Waals surface area contributed by atoms with E-state index in [9.17, 15) is 4.79 Å². The van der Waals surface area contributed by atoms with Gasteiger partial charge in [-0.05, 0) is 18.6 Å². The minimum absolute atomic E-state index is 0.589. The minimum atomic E-state index is 0.589. The molecular weight excluding hydrogens is 178 g/mol. The Hall–Kier alpha value is -1.97. The zero-order valence-corrected chi connectivity index (χ0v) is 7.71. The van der Waals surface area contributed by atoms with Gasteiger partial charge in [0.05, 0.1) is 0 Å². The highest BCUT2D eigenvalue weighted by molar-refractivity contribution is 5.74. The molecule has 0 aliphatic heterocycles. The molecule has 2 aromatic heterocycles. The first-order chi connectivity index (χ1) is 6.81. The van der Waals surface area contributed by atoms with Crippen molar-refractivity contribution in [1.82, 2.24) is 14.5 Å². The van der Waals surface area contributed by atoms with Gasteiger partial charge < -0.3 is 0 Å². The molecule has 0 radical (unpaired) electrons. The second-order valence-electron chi connectivity index (χ2n) is 3.00. The van der Waals surface area contributed by atoms with E-state index < -0.39 is 0 Å². The van der Waals surface area contributed by atoms with E-state index in [0.717, 1.165) is 17.7 Å². The van der Waals surface area contributed by atoms with Gasteiger partial charge >= 0.3 is 0 Å². The molecule has 2 rings (SSSR count). The SMILES string of the molecule is Cc1cc(C=O)cnc1-n1ccnc1. The van der Waals surface area contributed by atoms with Crippen LogP contribution < -0.4 is 0 Å². The highest BCUT2D eigenvalue weighted by Gasteiger charge is 2.02.